The van der Waals surface area contributed by atoms with Crippen LogP contribution in [-0.4, -0.2) is 29.1 Å². The van der Waals surface area contributed by atoms with Crippen LogP contribution in [0.5, 0.6) is 5.75 Å². The van der Waals surface area contributed by atoms with Crippen molar-refractivity contribution in [3.63, 3.8) is 0 Å². The lowest BCUT2D eigenvalue weighted by Crippen LogP contribution is -2.48. The molecule has 0 aliphatic carbocycles. The zero-order chi connectivity index (χ0) is 16.7. The molecule has 5 heteroatoms. The van der Waals surface area contributed by atoms with Crippen LogP contribution in [0.25, 0.3) is 0 Å². The van der Waals surface area contributed by atoms with Crippen LogP contribution in [0.3, 0.4) is 0 Å². The number of hydrogen-bond donors (Lipinski definition) is 2. The summed E-state index contributed by atoms with van der Waals surface area (Å²) in [5.41, 5.74) is 1.22. The second kappa shape index (κ2) is 8.41. The molecular weight excluding hydrogens is 282 g/mol. The minimum Gasteiger partial charge on any atom is -0.481 e. The Morgan fingerprint density at radius 1 is 1.18 bits per heavy atom. The number of carbonyl (C=O) groups excluding carboxylic acids is 1. The average molecular weight is 307 g/mol. The first-order valence-corrected chi connectivity index (χ1v) is 7.64. The number of aliphatic carboxylic acids is 1. The van der Waals surface area contributed by atoms with Crippen molar-refractivity contribution < 1.29 is 19.4 Å². The molecule has 2 atom stereocenters. The third kappa shape index (κ3) is 5.39. The molecule has 1 amide bonds. The summed E-state index contributed by atoms with van der Waals surface area (Å²) < 4.78 is 5.56. The van der Waals surface area contributed by atoms with E-state index in [0.717, 1.165) is 12.8 Å². The molecule has 0 saturated heterocycles. The van der Waals surface area contributed by atoms with Crippen molar-refractivity contribution in [1.82, 2.24) is 5.32 Å². The van der Waals surface area contributed by atoms with E-state index in [1.54, 1.807) is 20.8 Å². The normalized spacial score (nSPS) is 13.5. The number of amides is 1. The van der Waals surface area contributed by atoms with E-state index in [-0.39, 0.29) is 5.92 Å². The largest absolute Gasteiger partial charge is 0.481 e. The minimum absolute atomic E-state index is 0.193. The maximum atomic E-state index is 12.0. The van der Waals surface area contributed by atoms with Crippen LogP contribution < -0.4 is 10.1 Å². The third-order valence-electron chi connectivity index (χ3n) is 3.37. The zero-order valence-electron chi connectivity index (χ0n) is 13.6. The number of aryl methyl sites for hydroxylation is 1. The number of nitrogens with one attached hydrogen (secondary N) is 1. The standard InChI is InChI=1S/C17H25NO4/c1-5-6-13-7-9-14(10-8-13)22-12(4)16(19)18-15(11(2)3)17(20)21/h7-12,15H,5-6H2,1-4H3,(H,18,19)(H,20,21). The van der Waals surface area contributed by atoms with Crippen molar-refractivity contribution in [3.05, 3.63) is 29.8 Å². The van der Waals surface area contributed by atoms with Gasteiger partial charge in [0.1, 0.15) is 11.8 Å². The van der Waals surface area contributed by atoms with E-state index in [4.69, 9.17) is 9.84 Å². The van der Waals surface area contributed by atoms with Crippen molar-refractivity contribution in [2.24, 2.45) is 5.92 Å². The lowest BCUT2D eigenvalue weighted by molar-refractivity contribution is -0.144. The summed E-state index contributed by atoms with van der Waals surface area (Å²) in [5.74, 6) is -1.07. The summed E-state index contributed by atoms with van der Waals surface area (Å²) in [7, 11) is 0. The number of benzene rings is 1. The van der Waals surface area contributed by atoms with Gasteiger partial charge in [-0.25, -0.2) is 4.79 Å². The van der Waals surface area contributed by atoms with Crippen LogP contribution in [0.1, 0.15) is 39.7 Å². The van der Waals surface area contributed by atoms with Crippen molar-refractivity contribution in [1.29, 1.82) is 0 Å². The average Bonchev–Trinajstić information content (AvgIpc) is 2.46. The molecule has 5 nitrogen and oxygen atoms in total. The predicted octanol–water partition coefficient (Wildman–Crippen LogP) is 2.63. The van der Waals surface area contributed by atoms with Crippen molar-refractivity contribution >= 4 is 11.9 Å². The van der Waals surface area contributed by atoms with Crippen molar-refractivity contribution in [3.8, 4) is 5.75 Å². The SMILES string of the molecule is CCCc1ccc(OC(C)C(=O)NC(C(=O)O)C(C)C)cc1. The van der Waals surface area contributed by atoms with E-state index in [1.807, 2.05) is 24.3 Å². The Hall–Kier alpha value is -2.04. The lowest BCUT2D eigenvalue weighted by Gasteiger charge is -2.21. The van der Waals surface area contributed by atoms with E-state index >= 15 is 0 Å². The van der Waals surface area contributed by atoms with Gasteiger partial charge in [-0.15, -0.1) is 0 Å². The van der Waals surface area contributed by atoms with E-state index in [9.17, 15) is 9.59 Å². The Morgan fingerprint density at radius 3 is 2.23 bits per heavy atom. The maximum Gasteiger partial charge on any atom is 0.326 e. The van der Waals surface area contributed by atoms with Gasteiger partial charge in [0.05, 0.1) is 0 Å². The highest BCUT2D eigenvalue weighted by Crippen LogP contribution is 2.15. The van der Waals surface area contributed by atoms with E-state index in [2.05, 4.69) is 12.2 Å². The summed E-state index contributed by atoms with van der Waals surface area (Å²) >= 11 is 0. The zero-order valence-corrected chi connectivity index (χ0v) is 13.6. The highest BCUT2D eigenvalue weighted by Gasteiger charge is 2.26. The van der Waals surface area contributed by atoms with Crippen LogP contribution in [0, 0.1) is 5.92 Å². The molecule has 0 spiro atoms. The second-order valence-corrected chi connectivity index (χ2v) is 5.72. The topological polar surface area (TPSA) is 75.6 Å². The number of hydrogen-bond acceptors (Lipinski definition) is 3. The molecule has 1 aromatic carbocycles. The number of carboxylic acid groups (broad SMARTS) is 1. The Morgan fingerprint density at radius 2 is 1.77 bits per heavy atom. The van der Waals surface area contributed by atoms with Crippen LogP contribution >= 0.6 is 0 Å². The van der Waals surface area contributed by atoms with E-state index < -0.39 is 24.0 Å². The summed E-state index contributed by atoms with van der Waals surface area (Å²) in [6, 6.07) is 6.68. The van der Waals surface area contributed by atoms with Gasteiger partial charge in [-0.3, -0.25) is 4.79 Å². The van der Waals surface area contributed by atoms with Crippen LogP contribution in [0.4, 0.5) is 0 Å². The highest BCUT2D eigenvalue weighted by atomic mass is 16.5. The maximum absolute atomic E-state index is 12.0. The molecule has 0 aliphatic heterocycles. The molecule has 0 heterocycles. The first kappa shape index (κ1) is 18.0. The molecular formula is C17H25NO4. The lowest BCUT2D eigenvalue weighted by atomic mass is 10.0. The van der Waals surface area contributed by atoms with E-state index in [0.29, 0.717) is 5.75 Å². The van der Waals surface area contributed by atoms with E-state index in [1.165, 1.54) is 5.56 Å². The first-order valence-electron chi connectivity index (χ1n) is 7.64. The smallest absolute Gasteiger partial charge is 0.326 e. The van der Waals surface area contributed by atoms with Gasteiger partial charge in [-0.2, -0.15) is 0 Å². The predicted molar refractivity (Wildman–Crippen MR) is 84.9 cm³/mol. The first-order chi connectivity index (χ1) is 10.3. The monoisotopic (exact) mass is 307 g/mol. The molecule has 1 rings (SSSR count). The van der Waals surface area contributed by atoms with Gasteiger partial charge in [0.25, 0.3) is 5.91 Å². The molecule has 0 saturated carbocycles. The molecule has 0 aliphatic rings. The molecule has 122 valence electrons. The Kier molecular flexibility index (Phi) is 6.89. The van der Waals surface area contributed by atoms with Crippen molar-refractivity contribution in [2.75, 3.05) is 0 Å². The van der Waals surface area contributed by atoms with Crippen LogP contribution in [-0.2, 0) is 16.0 Å². The third-order valence-corrected chi connectivity index (χ3v) is 3.37. The number of carbonyl (C=O) groups is 2. The molecule has 0 radical (unpaired) electrons. The molecule has 0 fully saturated rings. The minimum atomic E-state index is -1.04. The van der Waals surface area contributed by atoms with Crippen LogP contribution in [0.15, 0.2) is 24.3 Å². The van der Waals surface area contributed by atoms with Gasteiger partial charge < -0.3 is 15.2 Å². The highest BCUT2D eigenvalue weighted by molar-refractivity contribution is 5.86. The summed E-state index contributed by atoms with van der Waals surface area (Å²) in [6.07, 6.45) is 1.33. The Balaban J connectivity index is 2.61. The number of ether oxygens (including phenoxy) is 1. The van der Waals surface area contributed by atoms with Gasteiger partial charge in [0.2, 0.25) is 0 Å². The van der Waals surface area contributed by atoms with Gasteiger partial charge in [-0.1, -0.05) is 39.3 Å². The fourth-order valence-corrected chi connectivity index (χ4v) is 2.07. The number of rotatable bonds is 8. The summed E-state index contributed by atoms with van der Waals surface area (Å²) in [6.45, 7) is 7.22. The molecule has 2 N–H and O–H groups in total. The molecule has 0 aromatic heterocycles. The molecule has 22 heavy (non-hydrogen) atoms. The van der Waals surface area contributed by atoms with Crippen LogP contribution in [0.2, 0.25) is 0 Å². The van der Waals surface area contributed by atoms with Crippen molar-refractivity contribution in [2.45, 2.75) is 52.7 Å². The Bertz CT molecular complexity index is 496. The van der Waals surface area contributed by atoms with Gasteiger partial charge >= 0.3 is 5.97 Å². The summed E-state index contributed by atoms with van der Waals surface area (Å²) in [5, 5.41) is 11.6. The van der Waals surface area contributed by atoms with Gasteiger partial charge in [-0.05, 0) is 37.0 Å². The molecule has 1 aromatic rings. The Labute approximate surface area is 131 Å². The fraction of sp³-hybridized carbons (Fsp3) is 0.529. The quantitative estimate of drug-likeness (QED) is 0.774. The van der Waals surface area contributed by atoms with Gasteiger partial charge in [0, 0.05) is 0 Å². The van der Waals surface area contributed by atoms with Gasteiger partial charge in [0.15, 0.2) is 6.10 Å². The molecule has 0 bridgehead atoms. The number of carboxylic acids is 1. The second-order valence-electron chi connectivity index (χ2n) is 5.72. The fourth-order valence-electron chi connectivity index (χ4n) is 2.07. The summed E-state index contributed by atoms with van der Waals surface area (Å²) in [4.78, 5) is 23.1. The molecule has 2 unspecified atom stereocenters.